The molecule has 0 saturated carbocycles. The normalized spacial score (nSPS) is 17.4. The Morgan fingerprint density at radius 1 is 1.07 bits per heavy atom. The molecule has 1 atom stereocenters. The molecule has 3 rings (SSSR count). The Bertz CT molecular complexity index is 994. The summed E-state index contributed by atoms with van der Waals surface area (Å²) in [5, 5.41) is 0. The van der Waals surface area contributed by atoms with Crippen LogP contribution >= 0.6 is 0 Å². The average molecular weight is 385 g/mol. The van der Waals surface area contributed by atoms with Crippen molar-refractivity contribution in [3.8, 4) is 0 Å². The highest BCUT2D eigenvalue weighted by molar-refractivity contribution is 7.89. The van der Waals surface area contributed by atoms with Gasteiger partial charge in [0.25, 0.3) is 10.0 Å². The highest BCUT2D eigenvalue weighted by Crippen LogP contribution is 2.33. The van der Waals surface area contributed by atoms with E-state index in [1.54, 1.807) is 12.1 Å². The summed E-state index contributed by atoms with van der Waals surface area (Å²) in [6, 6.07) is 15.2. The van der Waals surface area contributed by atoms with Crippen LogP contribution in [-0.2, 0) is 24.3 Å². The summed E-state index contributed by atoms with van der Waals surface area (Å²) in [7, 11) is -3.07. The topological polar surface area (TPSA) is 80.8 Å². The van der Waals surface area contributed by atoms with Crippen LogP contribution in [0.1, 0.15) is 23.5 Å². The third-order valence-corrected chi connectivity index (χ3v) is 6.13. The first-order valence-electron chi connectivity index (χ1n) is 8.34. The summed E-state index contributed by atoms with van der Waals surface area (Å²) in [5.74, 6) is -1.95. The van der Waals surface area contributed by atoms with Crippen molar-refractivity contribution in [1.29, 1.82) is 0 Å². The van der Waals surface area contributed by atoms with Crippen molar-refractivity contribution < 1.29 is 22.7 Å². The fourth-order valence-corrected chi connectivity index (χ4v) is 4.40. The van der Waals surface area contributed by atoms with Gasteiger partial charge in [0.15, 0.2) is 0 Å². The Kier molecular flexibility index (Phi) is 5.14. The Morgan fingerprint density at radius 2 is 1.70 bits per heavy atom. The van der Waals surface area contributed by atoms with Crippen molar-refractivity contribution in [3.05, 3.63) is 77.5 Å². The van der Waals surface area contributed by atoms with Gasteiger partial charge in [-0.3, -0.25) is 4.79 Å². The zero-order chi connectivity index (χ0) is 19.6. The first-order chi connectivity index (χ1) is 12.8. The van der Waals surface area contributed by atoms with E-state index in [1.807, 2.05) is 37.3 Å². The molecule has 0 aromatic heterocycles. The van der Waals surface area contributed by atoms with Crippen LogP contribution in [0.5, 0.6) is 0 Å². The smallest absolute Gasteiger partial charge is 0.355 e. The van der Waals surface area contributed by atoms with E-state index in [-0.39, 0.29) is 17.0 Å². The highest BCUT2D eigenvalue weighted by Gasteiger charge is 2.40. The second-order valence-electron chi connectivity index (χ2n) is 6.24. The van der Waals surface area contributed by atoms with Gasteiger partial charge in [0.2, 0.25) is 5.91 Å². The van der Waals surface area contributed by atoms with E-state index >= 15 is 0 Å². The highest BCUT2D eigenvalue weighted by atomic mass is 32.2. The molecule has 2 aromatic rings. The molecule has 1 unspecified atom stereocenters. The van der Waals surface area contributed by atoms with E-state index in [1.165, 1.54) is 18.2 Å². The summed E-state index contributed by atoms with van der Waals surface area (Å²) in [5.41, 5.74) is 1.41. The molecular weight excluding hydrogens is 366 g/mol. The molecule has 7 heteroatoms. The lowest BCUT2D eigenvalue weighted by Gasteiger charge is -2.30. The number of aryl methyl sites for hydroxylation is 1. The monoisotopic (exact) mass is 385 g/mol. The van der Waals surface area contributed by atoms with Crippen LogP contribution < -0.4 is 0 Å². The largest absolute Gasteiger partial charge is 0.464 e. The molecule has 0 radical (unpaired) electrons. The van der Waals surface area contributed by atoms with Gasteiger partial charge in [-0.25, -0.2) is 13.2 Å². The van der Waals surface area contributed by atoms with Crippen LogP contribution in [-0.4, -0.2) is 31.7 Å². The molecule has 140 valence electrons. The third kappa shape index (κ3) is 3.64. The van der Waals surface area contributed by atoms with Gasteiger partial charge in [-0.1, -0.05) is 48.0 Å². The molecule has 2 aromatic carbocycles. The van der Waals surface area contributed by atoms with Crippen LogP contribution in [0.2, 0.25) is 0 Å². The van der Waals surface area contributed by atoms with E-state index in [4.69, 9.17) is 4.74 Å². The van der Waals surface area contributed by atoms with Gasteiger partial charge < -0.3 is 4.74 Å². The number of hydrogen-bond acceptors (Lipinski definition) is 5. The SMILES string of the molecule is COC(=O)C1=CC(c2ccccc2)CC(=O)N1S(=O)(=O)c1ccc(C)cc1. The van der Waals surface area contributed by atoms with Gasteiger partial charge in [0.1, 0.15) is 5.70 Å². The number of carbonyl (C=O) groups excluding carboxylic acids is 2. The number of rotatable bonds is 4. The molecule has 0 saturated heterocycles. The van der Waals surface area contributed by atoms with E-state index < -0.39 is 27.8 Å². The maximum Gasteiger partial charge on any atom is 0.355 e. The Balaban J connectivity index is 2.10. The van der Waals surface area contributed by atoms with E-state index in [0.29, 0.717) is 4.31 Å². The minimum absolute atomic E-state index is 0.0599. The Hall–Kier alpha value is -2.93. The molecule has 1 amide bonds. The predicted molar refractivity (Wildman–Crippen MR) is 99.1 cm³/mol. The summed E-state index contributed by atoms with van der Waals surface area (Å²) >= 11 is 0. The van der Waals surface area contributed by atoms with Crippen LogP contribution in [0.3, 0.4) is 0 Å². The molecule has 0 bridgehead atoms. The Morgan fingerprint density at radius 3 is 2.30 bits per heavy atom. The van der Waals surface area contributed by atoms with Gasteiger partial charge >= 0.3 is 5.97 Å². The van der Waals surface area contributed by atoms with Crippen molar-refractivity contribution in [2.75, 3.05) is 7.11 Å². The van der Waals surface area contributed by atoms with Crippen LogP contribution in [0.15, 0.2) is 71.3 Å². The minimum Gasteiger partial charge on any atom is -0.464 e. The average Bonchev–Trinajstić information content (AvgIpc) is 2.67. The van der Waals surface area contributed by atoms with Crippen molar-refractivity contribution in [1.82, 2.24) is 4.31 Å². The molecule has 1 aliphatic rings. The molecule has 0 spiro atoms. The number of allylic oxidation sites excluding steroid dienone is 1. The quantitative estimate of drug-likeness (QED) is 0.756. The number of amides is 1. The lowest BCUT2D eigenvalue weighted by Crippen LogP contribution is -2.42. The van der Waals surface area contributed by atoms with E-state index in [0.717, 1.165) is 18.2 Å². The number of nitrogens with zero attached hydrogens (tertiary/aromatic N) is 1. The van der Waals surface area contributed by atoms with Crippen molar-refractivity contribution in [2.24, 2.45) is 0 Å². The maximum absolute atomic E-state index is 13.0. The number of carbonyl (C=O) groups is 2. The first kappa shape index (κ1) is 18.8. The molecule has 6 nitrogen and oxygen atoms in total. The summed E-state index contributed by atoms with van der Waals surface area (Å²) in [6.45, 7) is 1.83. The van der Waals surface area contributed by atoms with Crippen molar-refractivity contribution in [2.45, 2.75) is 24.2 Å². The van der Waals surface area contributed by atoms with Crippen LogP contribution in [0.25, 0.3) is 0 Å². The number of methoxy groups -OCH3 is 1. The third-order valence-electron chi connectivity index (χ3n) is 4.38. The fraction of sp³-hybridized carbons (Fsp3) is 0.200. The van der Waals surface area contributed by atoms with E-state index in [2.05, 4.69) is 0 Å². The number of ether oxygens (including phenoxy) is 1. The molecule has 0 fully saturated rings. The molecular formula is C20H19NO5S. The second kappa shape index (κ2) is 7.36. The summed E-state index contributed by atoms with van der Waals surface area (Å²) in [6.07, 6.45) is 1.42. The zero-order valence-electron chi connectivity index (χ0n) is 15.0. The van der Waals surface area contributed by atoms with Gasteiger partial charge in [-0.15, -0.1) is 0 Å². The van der Waals surface area contributed by atoms with Crippen LogP contribution in [0.4, 0.5) is 0 Å². The zero-order valence-corrected chi connectivity index (χ0v) is 15.8. The molecule has 1 heterocycles. The maximum atomic E-state index is 13.0. The molecule has 27 heavy (non-hydrogen) atoms. The van der Waals surface area contributed by atoms with Gasteiger partial charge in [-0.05, 0) is 30.7 Å². The predicted octanol–water partition coefficient (Wildman–Crippen LogP) is 2.76. The van der Waals surface area contributed by atoms with E-state index in [9.17, 15) is 18.0 Å². The minimum atomic E-state index is -4.22. The van der Waals surface area contributed by atoms with Gasteiger partial charge in [0.05, 0.1) is 12.0 Å². The standard InChI is InChI=1S/C20H19NO5S/c1-14-8-10-17(11-9-14)27(24,25)21-18(20(23)26-2)12-16(13-19(21)22)15-6-4-3-5-7-15/h3-12,16H,13H2,1-2H3. The van der Waals surface area contributed by atoms with Crippen molar-refractivity contribution in [3.63, 3.8) is 0 Å². The number of esters is 1. The number of hydrogen-bond donors (Lipinski definition) is 0. The lowest BCUT2D eigenvalue weighted by molar-refractivity contribution is -0.140. The molecule has 1 aliphatic heterocycles. The van der Waals surface area contributed by atoms with Gasteiger partial charge in [0, 0.05) is 12.3 Å². The second-order valence-corrected chi connectivity index (χ2v) is 8.03. The first-order valence-corrected chi connectivity index (χ1v) is 9.78. The molecule has 0 aliphatic carbocycles. The fourth-order valence-electron chi connectivity index (χ4n) is 2.97. The molecule has 0 N–H and O–H groups in total. The summed E-state index contributed by atoms with van der Waals surface area (Å²) < 4.78 is 31.4. The summed E-state index contributed by atoms with van der Waals surface area (Å²) in [4.78, 5) is 25.0. The van der Waals surface area contributed by atoms with Crippen LogP contribution in [0, 0.1) is 6.92 Å². The lowest BCUT2D eigenvalue weighted by atomic mass is 9.92. The van der Waals surface area contributed by atoms with Gasteiger partial charge in [-0.2, -0.15) is 4.31 Å². The number of sulfonamides is 1. The Labute approximate surface area is 158 Å². The van der Waals surface area contributed by atoms with Crippen molar-refractivity contribution >= 4 is 21.9 Å². The number of benzene rings is 2.